The molecule has 0 aromatic carbocycles. The van der Waals surface area contributed by atoms with E-state index in [1.165, 1.54) is 7.11 Å². The van der Waals surface area contributed by atoms with E-state index < -0.39 is 0 Å². The van der Waals surface area contributed by atoms with Crippen LogP contribution in [0.1, 0.15) is 6.92 Å². The fourth-order valence-corrected chi connectivity index (χ4v) is 1.80. The molecule has 1 heterocycles. The van der Waals surface area contributed by atoms with Gasteiger partial charge in [0, 0.05) is 45.8 Å². The van der Waals surface area contributed by atoms with Crippen molar-refractivity contribution in [2.75, 3.05) is 46.4 Å². The van der Waals surface area contributed by atoms with E-state index in [2.05, 4.69) is 0 Å². The fraction of sp³-hybridized carbons (Fsp3) is 0.818. The van der Waals surface area contributed by atoms with Gasteiger partial charge in [-0.1, -0.05) is 6.92 Å². The molecule has 2 amide bonds. The van der Waals surface area contributed by atoms with Gasteiger partial charge >= 0.3 is 0 Å². The predicted molar refractivity (Wildman–Crippen MR) is 63.3 cm³/mol. The van der Waals surface area contributed by atoms with E-state index in [0.29, 0.717) is 32.7 Å². The number of methoxy groups -OCH3 is 1. The lowest BCUT2D eigenvalue weighted by atomic mass is 10.1. The second-order valence-electron chi connectivity index (χ2n) is 4.28. The first-order chi connectivity index (χ1) is 8.10. The van der Waals surface area contributed by atoms with Crippen molar-refractivity contribution in [3.63, 3.8) is 0 Å². The number of hydrogen-bond acceptors (Lipinski definition) is 4. The fourth-order valence-electron chi connectivity index (χ4n) is 1.80. The van der Waals surface area contributed by atoms with Crippen LogP contribution >= 0.6 is 0 Å². The van der Waals surface area contributed by atoms with Gasteiger partial charge < -0.3 is 20.3 Å². The second kappa shape index (κ2) is 6.56. The van der Waals surface area contributed by atoms with E-state index in [1.807, 2.05) is 6.92 Å². The van der Waals surface area contributed by atoms with Crippen molar-refractivity contribution in [1.29, 1.82) is 0 Å². The Labute approximate surface area is 102 Å². The maximum absolute atomic E-state index is 11.8. The summed E-state index contributed by atoms with van der Waals surface area (Å²) >= 11 is 0. The summed E-state index contributed by atoms with van der Waals surface area (Å²) in [6.07, 6.45) is 0. The van der Waals surface area contributed by atoms with Crippen molar-refractivity contribution >= 4 is 11.8 Å². The van der Waals surface area contributed by atoms with Gasteiger partial charge in [0.2, 0.25) is 11.8 Å². The van der Waals surface area contributed by atoms with E-state index in [4.69, 9.17) is 10.5 Å². The molecule has 17 heavy (non-hydrogen) atoms. The summed E-state index contributed by atoms with van der Waals surface area (Å²) < 4.78 is 4.80. The highest BCUT2D eigenvalue weighted by atomic mass is 16.5. The molecule has 6 heteroatoms. The van der Waals surface area contributed by atoms with Crippen LogP contribution in [0.3, 0.4) is 0 Å². The van der Waals surface area contributed by atoms with Crippen LogP contribution in [-0.4, -0.2) is 68.1 Å². The summed E-state index contributed by atoms with van der Waals surface area (Å²) in [4.78, 5) is 26.9. The highest BCUT2D eigenvalue weighted by Gasteiger charge is 2.25. The average molecular weight is 243 g/mol. The van der Waals surface area contributed by atoms with Crippen molar-refractivity contribution < 1.29 is 14.3 Å². The number of rotatable bonds is 4. The van der Waals surface area contributed by atoms with Crippen molar-refractivity contribution in [3.05, 3.63) is 0 Å². The number of piperazine rings is 1. The summed E-state index contributed by atoms with van der Waals surface area (Å²) in [7, 11) is 1.50. The standard InChI is InChI=1S/C11H21N3O3/c1-9(7-12)11(16)14-5-3-13(4-6-14)10(15)8-17-2/h9H,3-8,12H2,1-2H3. The predicted octanol–water partition coefficient (Wildman–Crippen LogP) is -1.10. The first-order valence-corrected chi connectivity index (χ1v) is 5.85. The smallest absolute Gasteiger partial charge is 0.248 e. The lowest BCUT2D eigenvalue weighted by molar-refractivity contribution is -0.143. The molecule has 98 valence electrons. The molecule has 0 spiro atoms. The number of carbonyl (C=O) groups excluding carboxylic acids is 2. The van der Waals surface area contributed by atoms with Gasteiger partial charge in [-0.15, -0.1) is 0 Å². The quantitative estimate of drug-likeness (QED) is 0.680. The summed E-state index contributed by atoms with van der Waals surface area (Å²) in [5, 5.41) is 0. The van der Waals surface area contributed by atoms with Gasteiger partial charge in [0.1, 0.15) is 6.61 Å². The van der Waals surface area contributed by atoms with Gasteiger partial charge in [-0.05, 0) is 0 Å². The Kier molecular flexibility index (Phi) is 5.37. The Hall–Kier alpha value is -1.14. The molecule has 0 aromatic rings. The van der Waals surface area contributed by atoms with Crippen LogP contribution in [0.5, 0.6) is 0 Å². The van der Waals surface area contributed by atoms with Crippen LogP contribution in [0, 0.1) is 5.92 Å². The van der Waals surface area contributed by atoms with Crippen LogP contribution in [-0.2, 0) is 14.3 Å². The summed E-state index contributed by atoms with van der Waals surface area (Å²) in [6, 6.07) is 0. The third kappa shape index (κ3) is 3.67. The largest absolute Gasteiger partial charge is 0.375 e. The molecule has 1 atom stereocenters. The molecule has 0 saturated carbocycles. The van der Waals surface area contributed by atoms with Gasteiger partial charge in [0.25, 0.3) is 0 Å². The molecule has 1 aliphatic rings. The Morgan fingerprint density at radius 1 is 1.24 bits per heavy atom. The molecule has 6 nitrogen and oxygen atoms in total. The highest BCUT2D eigenvalue weighted by molar-refractivity contribution is 5.80. The lowest BCUT2D eigenvalue weighted by Crippen LogP contribution is -2.52. The normalized spacial score (nSPS) is 18.1. The monoisotopic (exact) mass is 243 g/mol. The zero-order chi connectivity index (χ0) is 12.8. The SMILES string of the molecule is COCC(=O)N1CCN(C(=O)C(C)CN)CC1. The summed E-state index contributed by atoms with van der Waals surface area (Å²) in [5.74, 6) is -0.0889. The number of hydrogen-bond donors (Lipinski definition) is 1. The molecule has 0 bridgehead atoms. The van der Waals surface area contributed by atoms with Gasteiger partial charge in [0.05, 0.1) is 0 Å². The van der Waals surface area contributed by atoms with Crippen molar-refractivity contribution in [2.45, 2.75) is 6.92 Å². The Balaban J connectivity index is 2.40. The Bertz CT molecular complexity index is 275. The zero-order valence-electron chi connectivity index (χ0n) is 10.5. The molecular formula is C11H21N3O3. The third-order valence-electron chi connectivity index (χ3n) is 2.99. The lowest BCUT2D eigenvalue weighted by Gasteiger charge is -2.35. The molecule has 0 aliphatic carbocycles. The maximum Gasteiger partial charge on any atom is 0.248 e. The van der Waals surface area contributed by atoms with E-state index in [-0.39, 0.29) is 24.3 Å². The Morgan fingerprint density at radius 3 is 2.24 bits per heavy atom. The van der Waals surface area contributed by atoms with Gasteiger partial charge in [-0.3, -0.25) is 9.59 Å². The van der Waals surface area contributed by atoms with E-state index >= 15 is 0 Å². The first kappa shape index (κ1) is 13.9. The van der Waals surface area contributed by atoms with Crippen LogP contribution in [0.15, 0.2) is 0 Å². The minimum atomic E-state index is -0.142. The number of nitrogens with two attached hydrogens (primary N) is 1. The number of amides is 2. The maximum atomic E-state index is 11.8. The van der Waals surface area contributed by atoms with Crippen LogP contribution < -0.4 is 5.73 Å². The minimum Gasteiger partial charge on any atom is -0.375 e. The molecule has 0 aromatic heterocycles. The highest BCUT2D eigenvalue weighted by Crippen LogP contribution is 2.07. The average Bonchev–Trinajstić information content (AvgIpc) is 2.37. The number of ether oxygens (including phenoxy) is 1. The summed E-state index contributed by atoms with van der Waals surface area (Å²) in [5.41, 5.74) is 5.47. The van der Waals surface area contributed by atoms with Crippen LogP contribution in [0.25, 0.3) is 0 Å². The van der Waals surface area contributed by atoms with Crippen LogP contribution in [0.4, 0.5) is 0 Å². The van der Waals surface area contributed by atoms with E-state index in [1.54, 1.807) is 9.80 Å². The topological polar surface area (TPSA) is 75.9 Å². The second-order valence-corrected chi connectivity index (χ2v) is 4.28. The molecular weight excluding hydrogens is 222 g/mol. The Morgan fingerprint density at radius 2 is 1.76 bits per heavy atom. The number of nitrogens with zero attached hydrogens (tertiary/aromatic N) is 2. The number of carbonyl (C=O) groups is 2. The molecule has 1 saturated heterocycles. The minimum absolute atomic E-state index is 0.0218. The molecule has 2 N–H and O–H groups in total. The molecule has 1 unspecified atom stereocenters. The van der Waals surface area contributed by atoms with E-state index in [9.17, 15) is 9.59 Å². The van der Waals surface area contributed by atoms with Crippen LogP contribution in [0.2, 0.25) is 0 Å². The molecule has 1 aliphatic heterocycles. The van der Waals surface area contributed by atoms with Gasteiger partial charge in [-0.25, -0.2) is 0 Å². The molecule has 1 rings (SSSR count). The summed E-state index contributed by atoms with van der Waals surface area (Å²) in [6.45, 7) is 4.60. The first-order valence-electron chi connectivity index (χ1n) is 5.85. The van der Waals surface area contributed by atoms with Gasteiger partial charge in [0.15, 0.2) is 0 Å². The third-order valence-corrected chi connectivity index (χ3v) is 2.99. The van der Waals surface area contributed by atoms with Crippen molar-refractivity contribution in [2.24, 2.45) is 11.7 Å². The molecule has 1 fully saturated rings. The zero-order valence-corrected chi connectivity index (χ0v) is 10.5. The molecule has 0 radical (unpaired) electrons. The van der Waals surface area contributed by atoms with Crippen molar-refractivity contribution in [1.82, 2.24) is 9.80 Å². The van der Waals surface area contributed by atoms with Crippen molar-refractivity contribution in [3.8, 4) is 0 Å². The van der Waals surface area contributed by atoms with E-state index in [0.717, 1.165) is 0 Å². The van der Waals surface area contributed by atoms with Gasteiger partial charge in [-0.2, -0.15) is 0 Å².